The molecule has 0 bridgehead atoms. The molecule has 0 fully saturated rings. The fourth-order valence-corrected chi connectivity index (χ4v) is 1.44. The van der Waals surface area contributed by atoms with Gasteiger partial charge in [-0.05, 0) is 30.2 Å². The smallest absolute Gasteiger partial charge is 0.139 e. The van der Waals surface area contributed by atoms with Gasteiger partial charge in [0.1, 0.15) is 5.82 Å². The Bertz CT molecular complexity index is 403. The zero-order chi connectivity index (χ0) is 8.55. The molecule has 0 saturated carbocycles. The zero-order valence-corrected chi connectivity index (χ0v) is 6.92. The number of halogens is 1. The Morgan fingerprint density at radius 3 is 2.92 bits per heavy atom. The van der Waals surface area contributed by atoms with Crippen LogP contribution in [0, 0.1) is 5.82 Å². The van der Waals surface area contributed by atoms with Crippen LogP contribution in [0.15, 0.2) is 30.6 Å². The van der Waals surface area contributed by atoms with Crippen LogP contribution in [0.25, 0.3) is 5.52 Å². The van der Waals surface area contributed by atoms with Crippen molar-refractivity contribution in [3.63, 3.8) is 0 Å². The fraction of sp³-hybridized carbons (Fsp3) is 0.200. The Balaban J connectivity index is 2.73. The summed E-state index contributed by atoms with van der Waals surface area (Å²) < 4.78 is 14.5. The predicted octanol–water partition coefficient (Wildman–Crippen LogP) is 2.64. The maximum atomic E-state index is 12.7. The van der Waals surface area contributed by atoms with Crippen molar-refractivity contribution in [3.8, 4) is 0 Å². The molecule has 2 heterocycles. The van der Waals surface area contributed by atoms with Crippen LogP contribution in [0.3, 0.4) is 0 Å². The lowest BCUT2D eigenvalue weighted by Crippen LogP contribution is -1.85. The summed E-state index contributed by atoms with van der Waals surface area (Å²) in [6, 6.07) is 5.33. The molecule has 0 aliphatic heterocycles. The second-order valence-electron chi connectivity index (χ2n) is 2.83. The summed E-state index contributed by atoms with van der Waals surface area (Å²) in [7, 11) is 0. The molecular weight excluding hydrogens is 153 g/mol. The minimum atomic E-state index is -0.194. The van der Waals surface area contributed by atoms with E-state index in [0.717, 1.165) is 11.9 Å². The average molecular weight is 163 g/mol. The van der Waals surface area contributed by atoms with Gasteiger partial charge in [0.05, 0.1) is 0 Å². The number of hydrogen-bond acceptors (Lipinski definition) is 0. The molecule has 0 radical (unpaired) electrons. The fourth-order valence-electron chi connectivity index (χ4n) is 1.44. The van der Waals surface area contributed by atoms with E-state index >= 15 is 0 Å². The number of pyridine rings is 1. The molecule has 2 heteroatoms. The number of rotatable bonds is 1. The Kier molecular flexibility index (Phi) is 1.61. The number of nitrogens with zero attached hydrogens (tertiary/aromatic N) is 1. The van der Waals surface area contributed by atoms with Gasteiger partial charge in [0.2, 0.25) is 0 Å². The van der Waals surface area contributed by atoms with Gasteiger partial charge < -0.3 is 4.40 Å². The topological polar surface area (TPSA) is 4.41 Å². The molecule has 2 rings (SSSR count). The third kappa shape index (κ3) is 0.998. The predicted molar refractivity (Wildman–Crippen MR) is 46.7 cm³/mol. The molecule has 0 unspecified atom stereocenters. The summed E-state index contributed by atoms with van der Waals surface area (Å²) in [4.78, 5) is 0. The zero-order valence-electron chi connectivity index (χ0n) is 6.92. The van der Waals surface area contributed by atoms with E-state index in [-0.39, 0.29) is 5.82 Å². The van der Waals surface area contributed by atoms with Crippen LogP contribution in [0.2, 0.25) is 0 Å². The normalized spacial score (nSPS) is 10.8. The highest BCUT2D eigenvalue weighted by Crippen LogP contribution is 2.13. The largest absolute Gasteiger partial charge is 0.321 e. The molecule has 0 aliphatic rings. The van der Waals surface area contributed by atoms with Crippen molar-refractivity contribution in [1.82, 2.24) is 4.40 Å². The third-order valence-electron chi connectivity index (χ3n) is 2.09. The van der Waals surface area contributed by atoms with Crippen molar-refractivity contribution < 1.29 is 4.39 Å². The molecule has 0 aromatic carbocycles. The monoisotopic (exact) mass is 163 g/mol. The molecule has 0 spiro atoms. The van der Waals surface area contributed by atoms with E-state index in [9.17, 15) is 4.39 Å². The summed E-state index contributed by atoms with van der Waals surface area (Å²) in [6.07, 6.45) is 4.37. The molecule has 12 heavy (non-hydrogen) atoms. The second-order valence-corrected chi connectivity index (χ2v) is 2.83. The lowest BCUT2D eigenvalue weighted by molar-refractivity contribution is 0.619. The minimum absolute atomic E-state index is 0.194. The van der Waals surface area contributed by atoms with Gasteiger partial charge in [-0.25, -0.2) is 4.39 Å². The second kappa shape index (κ2) is 2.63. The highest BCUT2D eigenvalue weighted by atomic mass is 19.1. The van der Waals surface area contributed by atoms with Crippen LogP contribution in [-0.2, 0) is 6.42 Å². The summed E-state index contributed by atoms with van der Waals surface area (Å²) >= 11 is 0. The molecule has 0 N–H and O–H groups in total. The van der Waals surface area contributed by atoms with Crippen LogP contribution in [0.5, 0.6) is 0 Å². The van der Waals surface area contributed by atoms with E-state index in [1.165, 1.54) is 17.8 Å². The number of fused-ring (bicyclic) bond motifs is 1. The average Bonchev–Trinajstić information content (AvgIpc) is 2.46. The van der Waals surface area contributed by atoms with Crippen LogP contribution < -0.4 is 0 Å². The Morgan fingerprint density at radius 1 is 1.33 bits per heavy atom. The first-order chi connectivity index (χ1) is 5.81. The number of aryl methyl sites for hydroxylation is 1. The first kappa shape index (κ1) is 7.35. The Labute approximate surface area is 70.4 Å². The highest BCUT2D eigenvalue weighted by molar-refractivity contribution is 5.55. The summed E-state index contributed by atoms with van der Waals surface area (Å²) in [5.74, 6) is -0.194. The van der Waals surface area contributed by atoms with Crippen LogP contribution in [-0.4, -0.2) is 4.40 Å². The van der Waals surface area contributed by atoms with Gasteiger partial charge in [-0.2, -0.15) is 0 Å². The van der Waals surface area contributed by atoms with Gasteiger partial charge in [-0.3, -0.25) is 0 Å². The molecule has 0 aliphatic carbocycles. The van der Waals surface area contributed by atoms with Gasteiger partial charge in [-0.1, -0.05) is 6.92 Å². The van der Waals surface area contributed by atoms with Gasteiger partial charge in [0.25, 0.3) is 0 Å². The molecule has 0 saturated heterocycles. The minimum Gasteiger partial charge on any atom is -0.321 e. The van der Waals surface area contributed by atoms with E-state index in [2.05, 4.69) is 6.92 Å². The molecule has 2 aromatic rings. The van der Waals surface area contributed by atoms with E-state index in [1.54, 1.807) is 0 Å². The maximum absolute atomic E-state index is 12.7. The SMILES string of the molecule is CCc1ccn2cc(F)ccc12. The van der Waals surface area contributed by atoms with E-state index in [4.69, 9.17) is 0 Å². The van der Waals surface area contributed by atoms with E-state index in [1.807, 2.05) is 22.7 Å². The lowest BCUT2D eigenvalue weighted by Gasteiger charge is -1.96. The summed E-state index contributed by atoms with van der Waals surface area (Å²) in [5.41, 5.74) is 2.36. The Hall–Kier alpha value is -1.31. The standard InChI is InChI=1S/C10H10FN/c1-2-8-5-6-12-7-9(11)3-4-10(8)12/h3-7H,2H2,1H3. The van der Waals surface area contributed by atoms with E-state index in [0.29, 0.717) is 0 Å². The summed E-state index contributed by atoms with van der Waals surface area (Å²) in [6.45, 7) is 2.10. The van der Waals surface area contributed by atoms with Gasteiger partial charge in [-0.15, -0.1) is 0 Å². The molecule has 0 atom stereocenters. The van der Waals surface area contributed by atoms with Crippen molar-refractivity contribution in [1.29, 1.82) is 0 Å². The first-order valence-corrected chi connectivity index (χ1v) is 4.06. The van der Waals surface area contributed by atoms with Crippen molar-refractivity contribution in [2.24, 2.45) is 0 Å². The number of aromatic nitrogens is 1. The first-order valence-electron chi connectivity index (χ1n) is 4.06. The van der Waals surface area contributed by atoms with Crippen molar-refractivity contribution in [2.45, 2.75) is 13.3 Å². The van der Waals surface area contributed by atoms with Crippen molar-refractivity contribution in [2.75, 3.05) is 0 Å². The molecule has 1 nitrogen and oxygen atoms in total. The highest BCUT2D eigenvalue weighted by Gasteiger charge is 1.99. The molecular formula is C10H10FN. The van der Waals surface area contributed by atoms with Gasteiger partial charge >= 0.3 is 0 Å². The molecule has 62 valence electrons. The molecule has 0 amide bonds. The maximum Gasteiger partial charge on any atom is 0.139 e. The summed E-state index contributed by atoms with van der Waals surface area (Å²) in [5, 5.41) is 0. The van der Waals surface area contributed by atoms with Gasteiger partial charge in [0.15, 0.2) is 0 Å². The van der Waals surface area contributed by atoms with E-state index < -0.39 is 0 Å². The van der Waals surface area contributed by atoms with Crippen LogP contribution in [0.4, 0.5) is 4.39 Å². The number of hydrogen-bond donors (Lipinski definition) is 0. The van der Waals surface area contributed by atoms with Crippen molar-refractivity contribution in [3.05, 3.63) is 42.0 Å². The Morgan fingerprint density at radius 2 is 2.17 bits per heavy atom. The van der Waals surface area contributed by atoms with Crippen LogP contribution in [0.1, 0.15) is 12.5 Å². The molecule has 2 aromatic heterocycles. The quantitative estimate of drug-likeness (QED) is 0.608. The van der Waals surface area contributed by atoms with Crippen molar-refractivity contribution >= 4 is 5.52 Å². The third-order valence-corrected chi connectivity index (χ3v) is 2.09. The van der Waals surface area contributed by atoms with Gasteiger partial charge in [0, 0.05) is 17.9 Å². The van der Waals surface area contributed by atoms with Crippen LogP contribution >= 0.6 is 0 Å². The lowest BCUT2D eigenvalue weighted by atomic mass is 10.2.